The molecule has 1 aromatic rings. The maximum Gasteiger partial charge on any atom is 0.0130 e. The summed E-state index contributed by atoms with van der Waals surface area (Å²) in [6.45, 7) is 9.00. The lowest BCUT2D eigenvalue weighted by Crippen LogP contribution is -2.37. The molecule has 0 spiro atoms. The summed E-state index contributed by atoms with van der Waals surface area (Å²) in [5, 5.41) is 3.57. The number of hydrogen-bond donors (Lipinski definition) is 1. The molecule has 0 heterocycles. The first kappa shape index (κ1) is 14.0. The second kappa shape index (κ2) is 6.60. The Balaban J connectivity index is 2.50. The van der Waals surface area contributed by atoms with Gasteiger partial charge in [0.2, 0.25) is 0 Å². The lowest BCUT2D eigenvalue weighted by molar-refractivity contribution is 0.372. The molecule has 0 bridgehead atoms. The quantitative estimate of drug-likeness (QED) is 0.808. The molecule has 0 saturated heterocycles. The molecule has 90 valence electrons. The highest BCUT2D eigenvalue weighted by atomic mass is 127. The van der Waals surface area contributed by atoms with Crippen molar-refractivity contribution in [1.29, 1.82) is 0 Å². The van der Waals surface area contributed by atoms with Gasteiger partial charge in [-0.15, -0.1) is 0 Å². The van der Waals surface area contributed by atoms with Crippen molar-refractivity contribution in [2.75, 3.05) is 0 Å². The van der Waals surface area contributed by atoms with Gasteiger partial charge in [0.15, 0.2) is 0 Å². The van der Waals surface area contributed by atoms with Gasteiger partial charge in [0.1, 0.15) is 0 Å². The molecule has 2 unspecified atom stereocenters. The van der Waals surface area contributed by atoms with Crippen molar-refractivity contribution >= 4 is 22.6 Å². The third-order valence-electron chi connectivity index (χ3n) is 2.92. The molecule has 0 amide bonds. The van der Waals surface area contributed by atoms with E-state index in [0.29, 0.717) is 18.0 Å². The van der Waals surface area contributed by atoms with Gasteiger partial charge in [-0.3, -0.25) is 0 Å². The molecule has 1 N–H and O–H groups in total. The molecule has 0 aliphatic carbocycles. The molecule has 0 aromatic heterocycles. The summed E-state index contributed by atoms with van der Waals surface area (Å²) in [5.41, 5.74) is 1.44. The van der Waals surface area contributed by atoms with Crippen LogP contribution in [0.5, 0.6) is 0 Å². The van der Waals surface area contributed by atoms with Crippen molar-refractivity contribution in [3.05, 3.63) is 33.4 Å². The van der Waals surface area contributed by atoms with Gasteiger partial charge in [0.25, 0.3) is 0 Å². The van der Waals surface area contributed by atoms with E-state index in [9.17, 15) is 0 Å². The minimum Gasteiger partial charge on any atom is -0.312 e. The van der Waals surface area contributed by atoms with Crippen LogP contribution in [-0.2, 0) is 6.42 Å². The first-order chi connectivity index (χ1) is 7.49. The Hall–Kier alpha value is -0.0900. The molecule has 1 aromatic carbocycles. The first-order valence-electron chi connectivity index (χ1n) is 5.99. The maximum absolute atomic E-state index is 3.57. The lowest BCUT2D eigenvalue weighted by Gasteiger charge is -2.23. The van der Waals surface area contributed by atoms with E-state index in [1.165, 1.54) is 9.13 Å². The topological polar surface area (TPSA) is 12.0 Å². The van der Waals surface area contributed by atoms with Crippen molar-refractivity contribution in [2.24, 2.45) is 5.92 Å². The summed E-state index contributed by atoms with van der Waals surface area (Å²) in [5.74, 6) is 0.669. The summed E-state index contributed by atoms with van der Waals surface area (Å²) >= 11 is 2.35. The first-order valence-corrected chi connectivity index (χ1v) is 7.07. The van der Waals surface area contributed by atoms with E-state index < -0.39 is 0 Å². The van der Waals surface area contributed by atoms with Crippen LogP contribution in [0.15, 0.2) is 24.3 Å². The third-order valence-corrected chi connectivity index (χ3v) is 3.64. The Morgan fingerprint density at radius 1 is 1.06 bits per heavy atom. The van der Waals surface area contributed by atoms with E-state index in [-0.39, 0.29) is 0 Å². The highest BCUT2D eigenvalue weighted by molar-refractivity contribution is 14.1. The Morgan fingerprint density at radius 3 is 2.12 bits per heavy atom. The van der Waals surface area contributed by atoms with Crippen molar-refractivity contribution < 1.29 is 0 Å². The summed E-state index contributed by atoms with van der Waals surface area (Å²) in [6.07, 6.45) is 1.15. The van der Waals surface area contributed by atoms with Gasteiger partial charge in [-0.25, -0.2) is 0 Å². The SMILES string of the molecule is CC(C)NC(C)C(C)Cc1ccc(I)cc1. The molecule has 1 nitrogen and oxygen atoms in total. The van der Waals surface area contributed by atoms with Gasteiger partial charge in [0.05, 0.1) is 0 Å². The van der Waals surface area contributed by atoms with Crippen molar-refractivity contribution in [2.45, 2.75) is 46.2 Å². The second-order valence-corrected chi connectivity index (χ2v) is 6.16. The van der Waals surface area contributed by atoms with Gasteiger partial charge in [0, 0.05) is 15.7 Å². The average molecular weight is 331 g/mol. The highest BCUT2D eigenvalue weighted by Gasteiger charge is 2.13. The molecule has 0 aliphatic heterocycles. The van der Waals surface area contributed by atoms with Crippen LogP contribution in [0.25, 0.3) is 0 Å². The predicted molar refractivity (Wildman–Crippen MR) is 79.8 cm³/mol. The Bertz CT molecular complexity index is 305. The molecular weight excluding hydrogens is 309 g/mol. The fourth-order valence-electron chi connectivity index (χ4n) is 1.86. The predicted octanol–water partition coefficient (Wildman–Crippen LogP) is 3.86. The third kappa shape index (κ3) is 4.83. The highest BCUT2D eigenvalue weighted by Crippen LogP contribution is 2.14. The molecular formula is C14H22IN. The fraction of sp³-hybridized carbons (Fsp3) is 0.571. The number of halogens is 1. The lowest BCUT2D eigenvalue weighted by atomic mass is 9.94. The standard InChI is InChI=1S/C14H22IN/c1-10(2)16-12(4)11(3)9-13-5-7-14(15)8-6-13/h5-8,10-12,16H,9H2,1-4H3. The molecule has 16 heavy (non-hydrogen) atoms. The summed E-state index contributed by atoms with van der Waals surface area (Å²) in [4.78, 5) is 0. The minimum atomic E-state index is 0.564. The molecule has 0 fully saturated rings. The summed E-state index contributed by atoms with van der Waals surface area (Å²) in [7, 11) is 0. The average Bonchev–Trinajstić information content (AvgIpc) is 2.20. The number of hydrogen-bond acceptors (Lipinski definition) is 1. The number of benzene rings is 1. The zero-order chi connectivity index (χ0) is 12.1. The Kier molecular flexibility index (Phi) is 5.76. The van der Waals surface area contributed by atoms with Gasteiger partial charge in [-0.05, 0) is 59.5 Å². The van der Waals surface area contributed by atoms with Crippen LogP contribution < -0.4 is 5.32 Å². The van der Waals surface area contributed by atoms with Crippen molar-refractivity contribution in [3.8, 4) is 0 Å². The Labute approximate surface area is 113 Å². The summed E-state index contributed by atoms with van der Waals surface area (Å²) in [6, 6.07) is 9.97. The second-order valence-electron chi connectivity index (χ2n) is 4.92. The largest absolute Gasteiger partial charge is 0.312 e. The normalized spacial score (nSPS) is 15.1. The van der Waals surface area contributed by atoms with Gasteiger partial charge in [-0.2, -0.15) is 0 Å². The van der Waals surface area contributed by atoms with Crippen LogP contribution in [0, 0.1) is 9.49 Å². The van der Waals surface area contributed by atoms with Gasteiger partial charge in [-0.1, -0.05) is 32.9 Å². The molecule has 0 aliphatic rings. The molecule has 2 heteroatoms. The van der Waals surface area contributed by atoms with Crippen LogP contribution in [0.2, 0.25) is 0 Å². The zero-order valence-corrected chi connectivity index (χ0v) is 12.8. The monoisotopic (exact) mass is 331 g/mol. The maximum atomic E-state index is 3.57. The van der Waals surface area contributed by atoms with E-state index in [1.807, 2.05) is 0 Å². The molecule has 1 rings (SSSR count). The van der Waals surface area contributed by atoms with Crippen LogP contribution in [0.1, 0.15) is 33.3 Å². The van der Waals surface area contributed by atoms with E-state index in [2.05, 4.69) is 79.9 Å². The minimum absolute atomic E-state index is 0.564. The summed E-state index contributed by atoms with van der Waals surface area (Å²) < 4.78 is 1.31. The molecule has 0 saturated carbocycles. The smallest absolute Gasteiger partial charge is 0.0130 e. The molecule has 2 atom stereocenters. The van der Waals surface area contributed by atoms with Gasteiger partial charge < -0.3 is 5.32 Å². The van der Waals surface area contributed by atoms with Crippen molar-refractivity contribution in [3.63, 3.8) is 0 Å². The molecule has 0 radical (unpaired) electrons. The van der Waals surface area contributed by atoms with Crippen LogP contribution in [0.4, 0.5) is 0 Å². The van der Waals surface area contributed by atoms with E-state index in [4.69, 9.17) is 0 Å². The Morgan fingerprint density at radius 2 is 1.62 bits per heavy atom. The van der Waals surface area contributed by atoms with E-state index >= 15 is 0 Å². The van der Waals surface area contributed by atoms with Gasteiger partial charge >= 0.3 is 0 Å². The number of rotatable bonds is 5. The fourth-order valence-corrected chi connectivity index (χ4v) is 2.22. The van der Waals surface area contributed by atoms with E-state index in [1.54, 1.807) is 0 Å². The van der Waals surface area contributed by atoms with Crippen LogP contribution in [-0.4, -0.2) is 12.1 Å². The zero-order valence-electron chi connectivity index (χ0n) is 10.6. The van der Waals surface area contributed by atoms with Crippen molar-refractivity contribution in [1.82, 2.24) is 5.32 Å². The van der Waals surface area contributed by atoms with Crippen LogP contribution in [0.3, 0.4) is 0 Å². The number of nitrogens with one attached hydrogen (secondary N) is 1. The van der Waals surface area contributed by atoms with Crippen LogP contribution >= 0.6 is 22.6 Å². The van der Waals surface area contributed by atoms with E-state index in [0.717, 1.165) is 6.42 Å².